The zero-order chi connectivity index (χ0) is 8.74. The highest BCUT2D eigenvalue weighted by Crippen LogP contribution is 2.03. The Balaban J connectivity index is 0. The fourth-order valence-electron chi connectivity index (χ4n) is 1.04. The standard InChI is InChI=1S/C9H22NO.BrH/c1-4-5-6-7-8-10(2,3)9-11;/h11H,4-9H2,1-3H3;1H/q+1;/p-1. The maximum absolute atomic E-state index is 8.92. The maximum atomic E-state index is 8.92. The van der Waals surface area contributed by atoms with E-state index in [-0.39, 0.29) is 23.7 Å². The van der Waals surface area contributed by atoms with E-state index in [1.807, 2.05) is 0 Å². The molecule has 0 aromatic carbocycles. The first-order chi connectivity index (χ1) is 5.12. The first-order valence-electron chi connectivity index (χ1n) is 4.55. The molecule has 0 amide bonds. The van der Waals surface area contributed by atoms with Crippen LogP contribution in [-0.4, -0.2) is 37.0 Å². The lowest BCUT2D eigenvalue weighted by Gasteiger charge is -2.26. The third kappa shape index (κ3) is 8.50. The van der Waals surface area contributed by atoms with Gasteiger partial charge in [0.25, 0.3) is 0 Å². The molecule has 0 unspecified atom stereocenters. The molecule has 12 heavy (non-hydrogen) atoms. The van der Waals surface area contributed by atoms with Gasteiger partial charge in [0.15, 0.2) is 6.73 Å². The van der Waals surface area contributed by atoms with Crippen LogP contribution in [0.2, 0.25) is 0 Å². The van der Waals surface area contributed by atoms with Crippen LogP contribution in [0.25, 0.3) is 0 Å². The molecule has 1 N–H and O–H groups in total. The van der Waals surface area contributed by atoms with Crippen LogP contribution in [0.4, 0.5) is 0 Å². The molecule has 0 spiro atoms. The molecule has 76 valence electrons. The lowest BCUT2D eigenvalue weighted by atomic mass is 10.2. The highest BCUT2D eigenvalue weighted by molar-refractivity contribution is 4.38. The smallest absolute Gasteiger partial charge is 0.179 e. The molecule has 0 aromatic rings. The molecule has 0 bridgehead atoms. The van der Waals surface area contributed by atoms with Crippen molar-refractivity contribution < 1.29 is 26.6 Å². The molecule has 0 fully saturated rings. The molecule has 0 atom stereocenters. The largest absolute Gasteiger partial charge is 1.00 e. The fourth-order valence-corrected chi connectivity index (χ4v) is 1.04. The lowest BCUT2D eigenvalue weighted by Crippen LogP contribution is -3.00. The fraction of sp³-hybridized carbons (Fsp3) is 1.00. The zero-order valence-electron chi connectivity index (χ0n) is 8.52. The molecular weight excluding hydrogens is 218 g/mol. The van der Waals surface area contributed by atoms with Crippen molar-refractivity contribution in [2.45, 2.75) is 32.6 Å². The minimum absolute atomic E-state index is 0. The Morgan fingerprint density at radius 1 is 1.08 bits per heavy atom. The van der Waals surface area contributed by atoms with Crippen molar-refractivity contribution in [3.63, 3.8) is 0 Å². The Kier molecular flexibility index (Phi) is 9.96. The van der Waals surface area contributed by atoms with E-state index in [1.165, 1.54) is 25.7 Å². The maximum Gasteiger partial charge on any atom is 0.179 e. The number of aliphatic hydroxyl groups is 1. The van der Waals surface area contributed by atoms with Gasteiger partial charge in [0.2, 0.25) is 0 Å². The van der Waals surface area contributed by atoms with Gasteiger partial charge in [0.05, 0.1) is 20.6 Å². The second-order valence-electron chi connectivity index (χ2n) is 3.86. The van der Waals surface area contributed by atoms with E-state index in [1.54, 1.807) is 0 Å². The molecule has 0 radical (unpaired) electrons. The van der Waals surface area contributed by atoms with Crippen molar-refractivity contribution in [2.24, 2.45) is 0 Å². The van der Waals surface area contributed by atoms with Crippen LogP contribution in [-0.2, 0) is 0 Å². The molecule has 2 nitrogen and oxygen atoms in total. The number of nitrogens with zero attached hydrogens (tertiary/aromatic N) is 1. The molecule has 0 heterocycles. The summed E-state index contributed by atoms with van der Waals surface area (Å²) < 4.78 is 0.740. The zero-order valence-corrected chi connectivity index (χ0v) is 10.1. The van der Waals surface area contributed by atoms with Crippen molar-refractivity contribution in [3.05, 3.63) is 0 Å². The summed E-state index contributed by atoms with van der Waals surface area (Å²) in [4.78, 5) is 0. The van der Waals surface area contributed by atoms with E-state index in [0.29, 0.717) is 0 Å². The van der Waals surface area contributed by atoms with Crippen molar-refractivity contribution in [3.8, 4) is 0 Å². The summed E-state index contributed by atoms with van der Waals surface area (Å²) in [5.74, 6) is 0. The van der Waals surface area contributed by atoms with Crippen molar-refractivity contribution in [1.82, 2.24) is 0 Å². The average molecular weight is 240 g/mol. The second-order valence-corrected chi connectivity index (χ2v) is 3.86. The van der Waals surface area contributed by atoms with E-state index in [4.69, 9.17) is 5.11 Å². The van der Waals surface area contributed by atoms with Gasteiger partial charge < -0.3 is 26.6 Å². The monoisotopic (exact) mass is 239 g/mol. The van der Waals surface area contributed by atoms with Crippen LogP contribution >= 0.6 is 0 Å². The van der Waals surface area contributed by atoms with Gasteiger partial charge in [0, 0.05) is 0 Å². The SMILES string of the molecule is CCCCCC[N+](C)(C)CO.[Br-]. The van der Waals surface area contributed by atoms with Crippen LogP contribution < -0.4 is 17.0 Å². The minimum atomic E-state index is 0. The first-order valence-corrected chi connectivity index (χ1v) is 4.55. The van der Waals surface area contributed by atoms with Crippen molar-refractivity contribution in [1.29, 1.82) is 0 Å². The molecule has 0 saturated carbocycles. The molecule has 3 heteroatoms. The Morgan fingerprint density at radius 2 is 1.67 bits per heavy atom. The summed E-state index contributed by atoms with van der Waals surface area (Å²) in [7, 11) is 4.12. The molecule has 0 saturated heterocycles. The first kappa shape index (κ1) is 14.9. The predicted octanol–water partition coefficient (Wildman–Crippen LogP) is -1.40. The van der Waals surface area contributed by atoms with Crippen molar-refractivity contribution >= 4 is 0 Å². The predicted molar refractivity (Wildman–Crippen MR) is 48.2 cm³/mol. The highest BCUT2D eigenvalue weighted by Gasteiger charge is 2.10. The van der Waals surface area contributed by atoms with E-state index in [9.17, 15) is 0 Å². The molecular formula is C9H22BrNO. The molecule has 0 aliphatic carbocycles. The number of rotatable bonds is 6. The van der Waals surface area contributed by atoms with Crippen LogP contribution in [0.5, 0.6) is 0 Å². The topological polar surface area (TPSA) is 20.2 Å². The summed E-state index contributed by atoms with van der Waals surface area (Å²) in [6, 6.07) is 0. The molecule has 0 rings (SSSR count). The summed E-state index contributed by atoms with van der Waals surface area (Å²) in [6.45, 7) is 3.56. The van der Waals surface area contributed by atoms with Gasteiger partial charge in [-0.15, -0.1) is 0 Å². The van der Waals surface area contributed by atoms with Gasteiger partial charge in [-0.2, -0.15) is 0 Å². The number of hydrogen-bond acceptors (Lipinski definition) is 1. The third-order valence-electron chi connectivity index (χ3n) is 2.00. The third-order valence-corrected chi connectivity index (χ3v) is 2.00. The average Bonchev–Trinajstić information content (AvgIpc) is 1.99. The van der Waals surface area contributed by atoms with E-state index >= 15 is 0 Å². The minimum Gasteiger partial charge on any atom is -1.00 e. The quantitative estimate of drug-likeness (QED) is 0.344. The van der Waals surface area contributed by atoms with Crippen molar-refractivity contribution in [2.75, 3.05) is 27.4 Å². The van der Waals surface area contributed by atoms with Crippen LogP contribution in [0.1, 0.15) is 32.6 Å². The van der Waals surface area contributed by atoms with Gasteiger partial charge in [-0.05, 0) is 12.8 Å². The van der Waals surface area contributed by atoms with E-state index < -0.39 is 0 Å². The van der Waals surface area contributed by atoms with E-state index in [0.717, 1.165) is 11.0 Å². The number of hydrogen-bond donors (Lipinski definition) is 1. The number of unbranched alkanes of at least 4 members (excludes halogenated alkanes) is 3. The summed E-state index contributed by atoms with van der Waals surface area (Å²) in [5.41, 5.74) is 0. The Bertz CT molecular complexity index is 96.5. The number of aliphatic hydroxyl groups excluding tert-OH is 1. The number of halogens is 1. The Labute approximate surface area is 86.9 Å². The van der Waals surface area contributed by atoms with Gasteiger partial charge in [-0.25, -0.2) is 0 Å². The molecule has 0 aromatic heterocycles. The van der Waals surface area contributed by atoms with Crippen LogP contribution in [0.3, 0.4) is 0 Å². The summed E-state index contributed by atoms with van der Waals surface area (Å²) in [5, 5.41) is 8.92. The van der Waals surface area contributed by atoms with Crippen LogP contribution in [0.15, 0.2) is 0 Å². The van der Waals surface area contributed by atoms with Gasteiger partial charge in [-0.3, -0.25) is 0 Å². The second kappa shape index (κ2) is 8.02. The Morgan fingerprint density at radius 3 is 2.08 bits per heavy atom. The Hall–Kier alpha value is 0.400. The van der Waals surface area contributed by atoms with Gasteiger partial charge in [0.1, 0.15) is 0 Å². The molecule has 0 aliphatic rings. The van der Waals surface area contributed by atoms with Gasteiger partial charge >= 0.3 is 0 Å². The van der Waals surface area contributed by atoms with E-state index in [2.05, 4.69) is 21.0 Å². The number of quaternary nitrogens is 1. The van der Waals surface area contributed by atoms with Gasteiger partial charge in [-0.1, -0.05) is 19.8 Å². The van der Waals surface area contributed by atoms with Crippen LogP contribution in [0, 0.1) is 0 Å². The molecule has 0 aliphatic heterocycles. The lowest BCUT2D eigenvalue weighted by molar-refractivity contribution is -0.909. The summed E-state index contributed by atoms with van der Waals surface area (Å²) in [6.07, 6.45) is 5.15. The normalized spacial score (nSPS) is 11.0. The highest BCUT2D eigenvalue weighted by atomic mass is 79.9. The summed E-state index contributed by atoms with van der Waals surface area (Å²) >= 11 is 0.